The molecule has 0 bridgehead atoms. The summed E-state index contributed by atoms with van der Waals surface area (Å²) in [6.45, 7) is 0.374. The molecule has 0 fully saturated rings. The van der Waals surface area contributed by atoms with Gasteiger partial charge in [0.1, 0.15) is 5.58 Å². The van der Waals surface area contributed by atoms with Crippen LogP contribution in [0.5, 0.6) is 0 Å². The number of carbonyl (C=O) groups is 1. The number of para-hydroxylation sites is 2. The number of rotatable bonds is 6. The highest BCUT2D eigenvalue weighted by molar-refractivity contribution is 6.06. The number of nitrogen functional groups attached to an aromatic ring is 1. The number of fused-ring (bicyclic) bond motifs is 1. The Morgan fingerprint density at radius 3 is 2.84 bits per heavy atom. The minimum absolute atomic E-state index is 0.194. The lowest BCUT2D eigenvalue weighted by molar-refractivity contribution is 0.0470. The Balaban J connectivity index is 1.49. The van der Waals surface area contributed by atoms with Crippen molar-refractivity contribution in [2.75, 3.05) is 37.1 Å². The van der Waals surface area contributed by atoms with Gasteiger partial charge in [0.05, 0.1) is 25.0 Å². The van der Waals surface area contributed by atoms with E-state index in [-0.39, 0.29) is 11.7 Å². The number of amides is 1. The van der Waals surface area contributed by atoms with Crippen molar-refractivity contribution in [3.05, 3.63) is 66.6 Å². The molecule has 0 saturated heterocycles. The van der Waals surface area contributed by atoms with E-state index < -0.39 is 5.72 Å². The maximum atomic E-state index is 12.6. The average Bonchev–Trinajstić information content (AvgIpc) is 3.23. The normalized spacial score (nSPS) is 17.7. The zero-order valence-corrected chi connectivity index (χ0v) is 17.1. The molecular formula is C22H23N5O4. The third kappa shape index (κ3) is 4.31. The maximum absolute atomic E-state index is 12.6. The van der Waals surface area contributed by atoms with E-state index in [2.05, 4.69) is 20.9 Å². The van der Waals surface area contributed by atoms with Gasteiger partial charge in [-0.15, -0.1) is 0 Å². The van der Waals surface area contributed by atoms with Crippen LogP contribution in [-0.2, 0) is 9.47 Å². The fourth-order valence-electron chi connectivity index (χ4n) is 3.16. The van der Waals surface area contributed by atoms with Gasteiger partial charge in [-0.2, -0.15) is 4.99 Å². The Morgan fingerprint density at radius 1 is 1.23 bits per heavy atom. The standard InChI is InChI=1S/C22H23N5O4/c1-29-21-24-10-9-22(27-21,30-2)13-25-15-7-8-18-14(11-15)12-19(31-18)20(28)26-17-6-4-3-5-16(17)23/h3-12,25H,13,23H2,1-2H3,(H,24,27)(H,26,28). The predicted octanol–water partition coefficient (Wildman–Crippen LogP) is 3.14. The minimum atomic E-state index is -0.900. The molecule has 1 unspecified atom stereocenters. The highest BCUT2D eigenvalue weighted by atomic mass is 16.5. The molecule has 9 heteroatoms. The monoisotopic (exact) mass is 421 g/mol. The first-order chi connectivity index (χ1) is 15.0. The molecule has 1 atom stereocenters. The number of carbonyl (C=O) groups excluding carboxylic acids is 1. The van der Waals surface area contributed by atoms with E-state index in [1.54, 1.807) is 55.8 Å². The van der Waals surface area contributed by atoms with Crippen LogP contribution >= 0.6 is 0 Å². The van der Waals surface area contributed by atoms with Gasteiger partial charge in [-0.25, -0.2) is 0 Å². The molecule has 31 heavy (non-hydrogen) atoms. The van der Waals surface area contributed by atoms with Crippen molar-refractivity contribution < 1.29 is 18.7 Å². The van der Waals surface area contributed by atoms with E-state index in [1.807, 2.05) is 12.1 Å². The Kier molecular flexibility index (Phi) is 5.50. The molecule has 2 heterocycles. The van der Waals surface area contributed by atoms with Gasteiger partial charge in [0.15, 0.2) is 5.76 Å². The summed E-state index contributed by atoms with van der Waals surface area (Å²) in [5.41, 5.74) is 7.42. The van der Waals surface area contributed by atoms with E-state index in [1.165, 1.54) is 7.11 Å². The molecule has 1 aliphatic rings. The molecule has 4 rings (SSSR count). The van der Waals surface area contributed by atoms with Gasteiger partial charge < -0.3 is 35.6 Å². The van der Waals surface area contributed by atoms with Gasteiger partial charge in [-0.05, 0) is 42.5 Å². The van der Waals surface area contributed by atoms with Crippen LogP contribution in [0, 0.1) is 0 Å². The van der Waals surface area contributed by atoms with E-state index >= 15 is 0 Å². The van der Waals surface area contributed by atoms with Crippen LogP contribution in [0.1, 0.15) is 10.6 Å². The first-order valence-corrected chi connectivity index (χ1v) is 9.58. The van der Waals surface area contributed by atoms with Crippen molar-refractivity contribution in [2.45, 2.75) is 5.72 Å². The summed E-state index contributed by atoms with van der Waals surface area (Å²) in [6, 6.07) is 14.7. The summed E-state index contributed by atoms with van der Waals surface area (Å²) >= 11 is 0. The van der Waals surface area contributed by atoms with Crippen molar-refractivity contribution in [2.24, 2.45) is 4.99 Å². The van der Waals surface area contributed by atoms with Gasteiger partial charge in [-0.1, -0.05) is 12.1 Å². The summed E-state index contributed by atoms with van der Waals surface area (Å²) in [5, 5.41) is 9.74. The van der Waals surface area contributed by atoms with E-state index in [0.717, 1.165) is 11.1 Å². The fourth-order valence-corrected chi connectivity index (χ4v) is 3.16. The fraction of sp³-hybridized carbons (Fsp3) is 0.182. The summed E-state index contributed by atoms with van der Waals surface area (Å²) in [5.74, 6) is -0.178. The number of furan rings is 1. The second-order valence-corrected chi connectivity index (χ2v) is 6.91. The Hall–Kier alpha value is -3.98. The summed E-state index contributed by atoms with van der Waals surface area (Å²) in [4.78, 5) is 17.0. The number of nitrogens with one attached hydrogen (secondary N) is 3. The first kappa shape index (κ1) is 20.3. The van der Waals surface area contributed by atoms with Crippen LogP contribution in [0.15, 0.2) is 70.2 Å². The molecule has 0 aliphatic carbocycles. The van der Waals surface area contributed by atoms with Gasteiger partial charge in [-0.3, -0.25) is 4.79 Å². The first-order valence-electron chi connectivity index (χ1n) is 9.58. The van der Waals surface area contributed by atoms with Crippen molar-refractivity contribution in [1.82, 2.24) is 5.32 Å². The maximum Gasteiger partial charge on any atom is 0.291 e. The molecule has 1 aliphatic heterocycles. The lowest BCUT2D eigenvalue weighted by Gasteiger charge is -2.28. The van der Waals surface area contributed by atoms with Crippen LogP contribution in [-0.4, -0.2) is 38.4 Å². The van der Waals surface area contributed by atoms with E-state index in [0.29, 0.717) is 29.5 Å². The predicted molar refractivity (Wildman–Crippen MR) is 120 cm³/mol. The van der Waals surface area contributed by atoms with Crippen LogP contribution < -0.4 is 21.7 Å². The highest BCUT2D eigenvalue weighted by Gasteiger charge is 2.29. The number of nitrogens with two attached hydrogens (primary N) is 1. The number of benzene rings is 2. The molecule has 1 amide bonds. The topological polar surface area (TPSA) is 123 Å². The number of hydrogen-bond acceptors (Lipinski definition) is 8. The van der Waals surface area contributed by atoms with Gasteiger partial charge >= 0.3 is 0 Å². The lowest BCUT2D eigenvalue weighted by atomic mass is 10.2. The molecule has 0 radical (unpaired) electrons. The van der Waals surface area contributed by atoms with Crippen molar-refractivity contribution in [3.63, 3.8) is 0 Å². The zero-order chi connectivity index (χ0) is 21.8. The van der Waals surface area contributed by atoms with E-state index in [9.17, 15) is 4.79 Å². The van der Waals surface area contributed by atoms with Crippen LogP contribution in [0.4, 0.5) is 17.1 Å². The molecule has 9 nitrogen and oxygen atoms in total. The van der Waals surface area contributed by atoms with Gasteiger partial charge in [0.2, 0.25) is 5.72 Å². The molecule has 5 N–H and O–H groups in total. The van der Waals surface area contributed by atoms with E-state index in [4.69, 9.17) is 19.6 Å². The highest BCUT2D eigenvalue weighted by Crippen LogP contribution is 2.26. The number of anilines is 3. The third-order valence-electron chi connectivity index (χ3n) is 4.88. The molecule has 2 aromatic carbocycles. The second kappa shape index (κ2) is 8.41. The minimum Gasteiger partial charge on any atom is -0.468 e. The molecule has 3 aromatic rings. The number of amidine groups is 1. The average molecular weight is 421 g/mol. The summed E-state index contributed by atoms with van der Waals surface area (Å²) in [6.07, 6.45) is 3.53. The number of ether oxygens (including phenoxy) is 2. The van der Waals surface area contributed by atoms with Crippen LogP contribution in [0.2, 0.25) is 0 Å². The molecular weight excluding hydrogens is 398 g/mol. The third-order valence-corrected chi connectivity index (χ3v) is 4.88. The Labute approximate surface area is 178 Å². The zero-order valence-electron chi connectivity index (χ0n) is 17.1. The molecule has 0 spiro atoms. The van der Waals surface area contributed by atoms with Gasteiger partial charge in [0.25, 0.3) is 11.9 Å². The second-order valence-electron chi connectivity index (χ2n) is 6.91. The molecule has 1 aromatic heterocycles. The van der Waals surface area contributed by atoms with Crippen molar-refractivity contribution in [3.8, 4) is 0 Å². The Bertz CT molecular complexity index is 1170. The quantitative estimate of drug-likeness (QED) is 0.451. The smallest absolute Gasteiger partial charge is 0.291 e. The number of methoxy groups -OCH3 is 2. The number of aliphatic imine (C=N–C) groups is 1. The SMILES string of the molecule is COC1=NC(CNc2ccc3oc(C(=O)Nc4ccccc4N)cc3c2)(OC)C=CN1. The largest absolute Gasteiger partial charge is 0.468 e. The molecule has 160 valence electrons. The lowest BCUT2D eigenvalue weighted by Crippen LogP contribution is -2.41. The van der Waals surface area contributed by atoms with Crippen molar-refractivity contribution in [1.29, 1.82) is 0 Å². The van der Waals surface area contributed by atoms with Crippen LogP contribution in [0.25, 0.3) is 11.0 Å². The number of nitrogens with zero attached hydrogens (tertiary/aromatic N) is 1. The summed E-state index contributed by atoms with van der Waals surface area (Å²) < 4.78 is 16.4. The van der Waals surface area contributed by atoms with Crippen molar-refractivity contribution >= 4 is 40.0 Å². The van der Waals surface area contributed by atoms with Gasteiger partial charge in [0, 0.05) is 24.4 Å². The number of hydrogen-bond donors (Lipinski definition) is 4. The summed E-state index contributed by atoms with van der Waals surface area (Å²) in [7, 11) is 3.11. The Morgan fingerprint density at radius 2 is 2.06 bits per heavy atom. The molecule has 0 saturated carbocycles. The van der Waals surface area contributed by atoms with Crippen LogP contribution in [0.3, 0.4) is 0 Å².